The normalized spacial score (nSPS) is 17.5. The fraction of sp³-hybridized carbons (Fsp3) is 0.545. The SMILES string of the molecule is Cn1cccc1C(=O)CN1CCCC1. The van der Waals surface area contributed by atoms with E-state index in [0.29, 0.717) is 6.54 Å². The maximum absolute atomic E-state index is 11.8. The van der Waals surface area contributed by atoms with Crippen molar-refractivity contribution in [2.24, 2.45) is 7.05 Å². The van der Waals surface area contributed by atoms with Gasteiger partial charge in [0.05, 0.1) is 12.2 Å². The molecule has 0 unspecified atom stereocenters. The number of carbonyl (C=O) groups is 1. The monoisotopic (exact) mass is 192 g/mol. The summed E-state index contributed by atoms with van der Waals surface area (Å²) < 4.78 is 1.89. The third kappa shape index (κ3) is 1.87. The Morgan fingerprint density at radius 2 is 2.14 bits per heavy atom. The molecule has 3 heteroatoms. The number of Topliss-reactive ketones (excluding diaryl/α,β-unsaturated/α-hetero) is 1. The van der Waals surface area contributed by atoms with Crippen molar-refractivity contribution >= 4 is 5.78 Å². The largest absolute Gasteiger partial charge is 0.348 e. The van der Waals surface area contributed by atoms with Gasteiger partial charge in [-0.3, -0.25) is 9.69 Å². The van der Waals surface area contributed by atoms with E-state index in [1.54, 1.807) is 0 Å². The number of aromatic nitrogens is 1. The number of aryl methyl sites for hydroxylation is 1. The number of ketones is 1. The fourth-order valence-corrected chi connectivity index (χ4v) is 1.98. The van der Waals surface area contributed by atoms with Crippen LogP contribution in [0.2, 0.25) is 0 Å². The molecule has 0 spiro atoms. The van der Waals surface area contributed by atoms with Crippen LogP contribution in [0.15, 0.2) is 18.3 Å². The summed E-state index contributed by atoms with van der Waals surface area (Å²) in [5.41, 5.74) is 0.817. The third-order valence-electron chi connectivity index (χ3n) is 2.80. The minimum Gasteiger partial charge on any atom is -0.348 e. The van der Waals surface area contributed by atoms with Crippen LogP contribution in [-0.4, -0.2) is 34.9 Å². The van der Waals surface area contributed by atoms with Crippen LogP contribution < -0.4 is 0 Å². The lowest BCUT2D eigenvalue weighted by Crippen LogP contribution is -2.27. The molecule has 0 aliphatic carbocycles. The van der Waals surface area contributed by atoms with Crippen LogP contribution in [0.1, 0.15) is 23.3 Å². The van der Waals surface area contributed by atoms with Crippen molar-refractivity contribution in [3.05, 3.63) is 24.0 Å². The van der Waals surface area contributed by atoms with Crippen LogP contribution in [-0.2, 0) is 7.05 Å². The summed E-state index contributed by atoms with van der Waals surface area (Å²) in [5, 5.41) is 0. The van der Waals surface area contributed by atoms with Gasteiger partial charge in [0.2, 0.25) is 0 Å². The Balaban J connectivity index is 1.98. The first-order valence-electron chi connectivity index (χ1n) is 5.14. The summed E-state index contributed by atoms with van der Waals surface area (Å²) in [6, 6.07) is 3.80. The second-order valence-electron chi connectivity index (χ2n) is 3.91. The molecule has 0 saturated carbocycles. The highest BCUT2D eigenvalue weighted by atomic mass is 16.1. The molecule has 1 aromatic heterocycles. The van der Waals surface area contributed by atoms with Gasteiger partial charge in [-0.25, -0.2) is 0 Å². The molecule has 0 bridgehead atoms. The quantitative estimate of drug-likeness (QED) is 0.674. The van der Waals surface area contributed by atoms with Gasteiger partial charge < -0.3 is 4.57 Å². The van der Waals surface area contributed by atoms with Crippen LogP contribution in [0.5, 0.6) is 0 Å². The molecule has 2 heterocycles. The Labute approximate surface area is 84.3 Å². The standard InChI is InChI=1S/C11H16N2O/c1-12-6-4-5-10(12)11(14)9-13-7-2-3-8-13/h4-6H,2-3,7-9H2,1H3. The fourth-order valence-electron chi connectivity index (χ4n) is 1.98. The molecular weight excluding hydrogens is 176 g/mol. The minimum atomic E-state index is 0.236. The topological polar surface area (TPSA) is 25.2 Å². The predicted octanol–water partition coefficient (Wildman–Crippen LogP) is 1.30. The van der Waals surface area contributed by atoms with Crippen LogP contribution >= 0.6 is 0 Å². The lowest BCUT2D eigenvalue weighted by Gasteiger charge is -2.13. The van der Waals surface area contributed by atoms with Gasteiger partial charge in [-0.2, -0.15) is 0 Å². The summed E-state index contributed by atoms with van der Waals surface area (Å²) in [6.07, 6.45) is 4.39. The lowest BCUT2D eigenvalue weighted by atomic mass is 10.2. The van der Waals surface area contributed by atoms with Gasteiger partial charge >= 0.3 is 0 Å². The van der Waals surface area contributed by atoms with Gasteiger partial charge in [0.25, 0.3) is 0 Å². The molecule has 0 atom stereocenters. The smallest absolute Gasteiger partial charge is 0.193 e. The summed E-state index contributed by atoms with van der Waals surface area (Å²) in [7, 11) is 1.91. The number of hydrogen-bond acceptors (Lipinski definition) is 2. The van der Waals surface area contributed by atoms with E-state index in [1.807, 2.05) is 29.9 Å². The molecule has 1 saturated heterocycles. The van der Waals surface area contributed by atoms with Crippen LogP contribution in [0.25, 0.3) is 0 Å². The predicted molar refractivity (Wildman–Crippen MR) is 55.4 cm³/mol. The highest BCUT2D eigenvalue weighted by Gasteiger charge is 2.17. The molecule has 0 N–H and O–H groups in total. The Morgan fingerprint density at radius 1 is 1.43 bits per heavy atom. The van der Waals surface area contributed by atoms with Crippen molar-refractivity contribution in [3.63, 3.8) is 0 Å². The molecule has 0 aromatic carbocycles. The molecule has 1 aliphatic heterocycles. The second kappa shape index (κ2) is 3.96. The molecular formula is C11H16N2O. The lowest BCUT2D eigenvalue weighted by molar-refractivity contribution is 0.0937. The molecule has 0 amide bonds. The molecule has 1 fully saturated rings. The zero-order chi connectivity index (χ0) is 9.97. The Bertz CT molecular complexity index is 324. The van der Waals surface area contributed by atoms with E-state index in [0.717, 1.165) is 18.8 Å². The van der Waals surface area contributed by atoms with Gasteiger partial charge in [-0.15, -0.1) is 0 Å². The number of nitrogens with zero attached hydrogens (tertiary/aromatic N) is 2. The van der Waals surface area contributed by atoms with E-state index >= 15 is 0 Å². The molecule has 14 heavy (non-hydrogen) atoms. The van der Waals surface area contributed by atoms with Gasteiger partial charge in [0.15, 0.2) is 5.78 Å². The Morgan fingerprint density at radius 3 is 2.71 bits per heavy atom. The second-order valence-corrected chi connectivity index (χ2v) is 3.91. The summed E-state index contributed by atoms with van der Waals surface area (Å²) >= 11 is 0. The van der Waals surface area contributed by atoms with Crippen molar-refractivity contribution in [1.82, 2.24) is 9.47 Å². The molecule has 3 nitrogen and oxygen atoms in total. The molecule has 2 rings (SSSR count). The molecule has 1 aliphatic rings. The minimum absolute atomic E-state index is 0.236. The maximum Gasteiger partial charge on any atom is 0.193 e. The van der Waals surface area contributed by atoms with Gasteiger partial charge in [-0.05, 0) is 38.1 Å². The molecule has 76 valence electrons. The summed E-state index contributed by atoms with van der Waals surface area (Å²) in [6.45, 7) is 2.74. The zero-order valence-electron chi connectivity index (χ0n) is 8.57. The summed E-state index contributed by atoms with van der Waals surface area (Å²) in [5.74, 6) is 0.236. The van der Waals surface area contributed by atoms with Crippen molar-refractivity contribution in [1.29, 1.82) is 0 Å². The van der Waals surface area contributed by atoms with Crippen LogP contribution in [0.4, 0.5) is 0 Å². The number of likely N-dealkylation sites (tertiary alicyclic amines) is 1. The third-order valence-corrected chi connectivity index (χ3v) is 2.80. The van der Waals surface area contributed by atoms with E-state index in [1.165, 1.54) is 12.8 Å². The molecule has 0 radical (unpaired) electrons. The first-order valence-corrected chi connectivity index (χ1v) is 5.14. The molecule has 1 aromatic rings. The van der Waals surface area contributed by atoms with Crippen LogP contribution in [0.3, 0.4) is 0 Å². The van der Waals surface area contributed by atoms with Crippen LogP contribution in [0, 0.1) is 0 Å². The maximum atomic E-state index is 11.8. The highest BCUT2D eigenvalue weighted by molar-refractivity contribution is 5.96. The average molecular weight is 192 g/mol. The van der Waals surface area contributed by atoms with Crippen molar-refractivity contribution in [2.75, 3.05) is 19.6 Å². The Hall–Kier alpha value is -1.09. The number of hydrogen-bond donors (Lipinski definition) is 0. The average Bonchev–Trinajstić information content (AvgIpc) is 2.75. The van der Waals surface area contributed by atoms with Crippen molar-refractivity contribution < 1.29 is 4.79 Å². The van der Waals surface area contributed by atoms with E-state index in [9.17, 15) is 4.79 Å². The number of rotatable bonds is 3. The Kier molecular flexibility index (Phi) is 2.68. The van der Waals surface area contributed by atoms with Gasteiger partial charge in [0.1, 0.15) is 0 Å². The van der Waals surface area contributed by atoms with Crippen molar-refractivity contribution in [3.8, 4) is 0 Å². The zero-order valence-corrected chi connectivity index (χ0v) is 8.57. The van der Waals surface area contributed by atoms with E-state index in [4.69, 9.17) is 0 Å². The number of carbonyl (C=O) groups excluding carboxylic acids is 1. The van der Waals surface area contributed by atoms with E-state index in [2.05, 4.69) is 4.90 Å². The first-order chi connectivity index (χ1) is 6.77. The summed E-state index contributed by atoms with van der Waals surface area (Å²) in [4.78, 5) is 14.1. The van der Waals surface area contributed by atoms with Crippen molar-refractivity contribution in [2.45, 2.75) is 12.8 Å². The highest BCUT2D eigenvalue weighted by Crippen LogP contribution is 2.09. The van der Waals surface area contributed by atoms with Gasteiger partial charge in [-0.1, -0.05) is 0 Å². The van der Waals surface area contributed by atoms with Gasteiger partial charge in [0, 0.05) is 13.2 Å². The van der Waals surface area contributed by atoms with E-state index < -0.39 is 0 Å². The van der Waals surface area contributed by atoms with E-state index in [-0.39, 0.29) is 5.78 Å². The first kappa shape index (κ1) is 9.46.